The molecule has 2 unspecified atom stereocenters. The molecule has 2 atom stereocenters. The average molecular weight is 293 g/mol. The maximum atomic E-state index is 11.2. The fourth-order valence-corrected chi connectivity index (χ4v) is 2.42. The number of ether oxygens (including phenoxy) is 2. The lowest BCUT2D eigenvalue weighted by molar-refractivity contribution is -0.140. The predicted octanol–water partition coefficient (Wildman–Crippen LogP) is 2.44. The van der Waals surface area contributed by atoms with Crippen LogP contribution in [0.1, 0.15) is 32.8 Å². The van der Waals surface area contributed by atoms with Crippen LogP contribution >= 0.6 is 0 Å². The summed E-state index contributed by atoms with van der Waals surface area (Å²) in [6, 6.07) is 5.57. The maximum absolute atomic E-state index is 11.2. The molecule has 0 amide bonds. The van der Waals surface area contributed by atoms with Crippen molar-refractivity contribution < 1.29 is 19.4 Å². The van der Waals surface area contributed by atoms with Crippen molar-refractivity contribution in [1.29, 1.82) is 0 Å². The molecule has 1 aliphatic heterocycles. The van der Waals surface area contributed by atoms with Gasteiger partial charge in [0.25, 0.3) is 0 Å². The van der Waals surface area contributed by atoms with Crippen LogP contribution in [0.3, 0.4) is 0 Å². The second kappa shape index (κ2) is 6.80. The van der Waals surface area contributed by atoms with Gasteiger partial charge in [-0.15, -0.1) is 0 Å². The number of fused-ring (bicyclic) bond motifs is 1. The first-order valence-electron chi connectivity index (χ1n) is 7.34. The van der Waals surface area contributed by atoms with E-state index in [2.05, 4.69) is 5.32 Å². The van der Waals surface area contributed by atoms with Gasteiger partial charge in [0, 0.05) is 6.04 Å². The van der Waals surface area contributed by atoms with Crippen LogP contribution in [0.25, 0.3) is 0 Å². The third kappa shape index (κ3) is 4.11. The van der Waals surface area contributed by atoms with Gasteiger partial charge < -0.3 is 19.9 Å². The van der Waals surface area contributed by atoms with Crippen molar-refractivity contribution in [3.63, 3.8) is 0 Å². The molecule has 1 aromatic carbocycles. The van der Waals surface area contributed by atoms with E-state index in [1.54, 1.807) is 0 Å². The maximum Gasteiger partial charge on any atom is 0.320 e. The standard InChI is InChI=1S/C16H23NO4/c1-10(2)15(16(18)19)17-11(3)4-5-12-6-7-13-14(8-12)21-9-20-13/h6-8,10-11,15,17H,4-5,9H2,1-3H3,(H,18,19). The zero-order valence-corrected chi connectivity index (χ0v) is 12.8. The Hall–Kier alpha value is -1.75. The van der Waals surface area contributed by atoms with E-state index in [4.69, 9.17) is 9.47 Å². The first kappa shape index (κ1) is 15.6. The number of hydrogen-bond acceptors (Lipinski definition) is 4. The van der Waals surface area contributed by atoms with Gasteiger partial charge in [0.1, 0.15) is 6.04 Å². The number of carboxylic acid groups (broad SMARTS) is 1. The van der Waals surface area contributed by atoms with Gasteiger partial charge in [0.05, 0.1) is 0 Å². The number of aryl methyl sites for hydroxylation is 1. The summed E-state index contributed by atoms with van der Waals surface area (Å²) in [7, 11) is 0. The Morgan fingerprint density at radius 3 is 2.67 bits per heavy atom. The van der Waals surface area contributed by atoms with Gasteiger partial charge in [-0.25, -0.2) is 0 Å². The van der Waals surface area contributed by atoms with Crippen LogP contribution in [-0.2, 0) is 11.2 Å². The molecule has 1 aromatic rings. The van der Waals surface area contributed by atoms with E-state index in [-0.39, 0.29) is 18.8 Å². The monoisotopic (exact) mass is 293 g/mol. The third-order valence-corrected chi connectivity index (χ3v) is 3.70. The summed E-state index contributed by atoms with van der Waals surface area (Å²) in [4.78, 5) is 11.2. The summed E-state index contributed by atoms with van der Waals surface area (Å²) in [6.07, 6.45) is 1.74. The van der Waals surface area contributed by atoms with Crippen LogP contribution in [0.5, 0.6) is 11.5 Å². The Balaban J connectivity index is 1.86. The van der Waals surface area contributed by atoms with E-state index in [9.17, 15) is 9.90 Å². The van der Waals surface area contributed by atoms with Gasteiger partial charge >= 0.3 is 5.97 Å². The SMILES string of the molecule is CC(CCc1ccc2c(c1)OCO2)NC(C(=O)O)C(C)C. The number of carbonyl (C=O) groups is 1. The Bertz CT molecular complexity index is 501. The van der Waals surface area contributed by atoms with Crippen LogP contribution in [0.15, 0.2) is 18.2 Å². The van der Waals surface area contributed by atoms with Gasteiger partial charge in [0.2, 0.25) is 6.79 Å². The molecule has 116 valence electrons. The number of carboxylic acids is 1. The van der Waals surface area contributed by atoms with E-state index in [1.165, 1.54) is 5.56 Å². The molecule has 1 aliphatic rings. The molecule has 5 nitrogen and oxygen atoms in total. The lowest BCUT2D eigenvalue weighted by Gasteiger charge is -2.23. The van der Waals surface area contributed by atoms with Crippen LogP contribution < -0.4 is 14.8 Å². The summed E-state index contributed by atoms with van der Waals surface area (Å²) in [5, 5.41) is 12.4. The van der Waals surface area contributed by atoms with Crippen LogP contribution in [-0.4, -0.2) is 30.0 Å². The number of hydrogen-bond donors (Lipinski definition) is 2. The molecule has 0 aliphatic carbocycles. The minimum Gasteiger partial charge on any atom is -0.480 e. The van der Waals surface area contributed by atoms with Crippen LogP contribution in [0, 0.1) is 5.92 Å². The fourth-order valence-electron chi connectivity index (χ4n) is 2.42. The van der Waals surface area contributed by atoms with Crippen LogP contribution in [0.4, 0.5) is 0 Å². The van der Waals surface area contributed by atoms with Crippen molar-refractivity contribution in [3.05, 3.63) is 23.8 Å². The van der Waals surface area contributed by atoms with E-state index in [1.807, 2.05) is 39.0 Å². The topological polar surface area (TPSA) is 67.8 Å². The van der Waals surface area contributed by atoms with Crippen molar-refractivity contribution in [2.75, 3.05) is 6.79 Å². The molecular weight excluding hydrogens is 270 g/mol. The Morgan fingerprint density at radius 2 is 2.00 bits per heavy atom. The second-order valence-electron chi connectivity index (χ2n) is 5.85. The largest absolute Gasteiger partial charge is 0.480 e. The molecule has 21 heavy (non-hydrogen) atoms. The van der Waals surface area contributed by atoms with E-state index >= 15 is 0 Å². The quantitative estimate of drug-likeness (QED) is 0.808. The summed E-state index contributed by atoms with van der Waals surface area (Å²) in [6.45, 7) is 6.13. The average Bonchev–Trinajstić information content (AvgIpc) is 2.89. The molecule has 2 rings (SSSR count). The van der Waals surface area contributed by atoms with E-state index < -0.39 is 12.0 Å². The number of benzene rings is 1. The lowest BCUT2D eigenvalue weighted by atomic mass is 10.0. The van der Waals surface area contributed by atoms with Crippen molar-refractivity contribution in [2.45, 2.75) is 45.7 Å². The molecular formula is C16H23NO4. The second-order valence-corrected chi connectivity index (χ2v) is 5.85. The van der Waals surface area contributed by atoms with Crippen molar-refractivity contribution in [2.24, 2.45) is 5.92 Å². The molecule has 0 fully saturated rings. The van der Waals surface area contributed by atoms with Gasteiger partial charge in [-0.3, -0.25) is 4.79 Å². The molecule has 0 radical (unpaired) electrons. The number of rotatable bonds is 7. The van der Waals surface area contributed by atoms with Gasteiger partial charge in [-0.1, -0.05) is 19.9 Å². The zero-order valence-electron chi connectivity index (χ0n) is 12.8. The highest BCUT2D eigenvalue weighted by Crippen LogP contribution is 2.32. The lowest BCUT2D eigenvalue weighted by Crippen LogP contribution is -2.45. The first-order valence-corrected chi connectivity index (χ1v) is 7.34. The molecule has 0 saturated carbocycles. The summed E-state index contributed by atoms with van der Waals surface area (Å²) < 4.78 is 10.6. The minimum absolute atomic E-state index is 0.0653. The van der Waals surface area contributed by atoms with E-state index in [0.717, 1.165) is 24.3 Å². The fraction of sp³-hybridized carbons (Fsp3) is 0.562. The molecule has 0 bridgehead atoms. The molecule has 0 saturated heterocycles. The van der Waals surface area contributed by atoms with Gasteiger partial charge in [-0.05, 0) is 43.4 Å². The third-order valence-electron chi connectivity index (χ3n) is 3.70. The molecule has 0 aromatic heterocycles. The highest BCUT2D eigenvalue weighted by molar-refractivity contribution is 5.73. The molecule has 5 heteroatoms. The van der Waals surface area contributed by atoms with E-state index in [0.29, 0.717) is 0 Å². The van der Waals surface area contributed by atoms with Crippen molar-refractivity contribution in [3.8, 4) is 11.5 Å². The van der Waals surface area contributed by atoms with Crippen LogP contribution in [0.2, 0.25) is 0 Å². The Kier molecular flexibility index (Phi) is 5.07. The smallest absolute Gasteiger partial charge is 0.320 e. The highest BCUT2D eigenvalue weighted by Gasteiger charge is 2.22. The highest BCUT2D eigenvalue weighted by atomic mass is 16.7. The Labute approximate surface area is 125 Å². The zero-order chi connectivity index (χ0) is 15.4. The summed E-state index contributed by atoms with van der Waals surface area (Å²) >= 11 is 0. The predicted molar refractivity (Wildman–Crippen MR) is 79.7 cm³/mol. The van der Waals surface area contributed by atoms with Crippen molar-refractivity contribution >= 4 is 5.97 Å². The Morgan fingerprint density at radius 1 is 1.29 bits per heavy atom. The van der Waals surface area contributed by atoms with Crippen molar-refractivity contribution in [1.82, 2.24) is 5.32 Å². The summed E-state index contributed by atoms with van der Waals surface area (Å²) in [5.41, 5.74) is 1.17. The number of nitrogens with one attached hydrogen (secondary N) is 1. The molecule has 1 heterocycles. The number of aliphatic carboxylic acids is 1. The molecule has 2 N–H and O–H groups in total. The molecule has 0 spiro atoms. The van der Waals surface area contributed by atoms with Gasteiger partial charge in [-0.2, -0.15) is 0 Å². The van der Waals surface area contributed by atoms with Gasteiger partial charge in [0.15, 0.2) is 11.5 Å². The first-order chi connectivity index (χ1) is 9.97. The normalized spacial score (nSPS) is 16.0. The summed E-state index contributed by atoms with van der Waals surface area (Å²) in [5.74, 6) is 0.852. The minimum atomic E-state index is -0.792.